The molecule has 0 aliphatic rings. The molecule has 0 saturated carbocycles. The van der Waals surface area contributed by atoms with Crippen molar-refractivity contribution in [2.24, 2.45) is 5.92 Å². The second kappa shape index (κ2) is 7.32. The van der Waals surface area contributed by atoms with E-state index in [2.05, 4.69) is 20.8 Å². The highest BCUT2D eigenvalue weighted by molar-refractivity contribution is 5.99. The lowest BCUT2D eigenvalue weighted by atomic mass is 10.0. The van der Waals surface area contributed by atoms with Gasteiger partial charge in [-0.25, -0.2) is 0 Å². The van der Waals surface area contributed by atoms with Gasteiger partial charge in [-0.05, 0) is 31.2 Å². The molecule has 0 heterocycles. The van der Waals surface area contributed by atoms with Gasteiger partial charge in [0.15, 0.2) is 5.78 Å². The van der Waals surface area contributed by atoms with E-state index in [1.165, 1.54) is 5.56 Å². The van der Waals surface area contributed by atoms with E-state index in [0.29, 0.717) is 12.5 Å². The number of rotatable bonds is 7. The Morgan fingerprint density at radius 1 is 1.17 bits per heavy atom. The van der Waals surface area contributed by atoms with Crippen molar-refractivity contribution in [1.82, 2.24) is 0 Å². The average Bonchev–Trinajstić information content (AvgIpc) is 2.37. The molecule has 0 aliphatic carbocycles. The standard InChI is InChI=1S/C16H24O2/c1-5-14-6-8-15(9-7-14)16(17)13(4)18-11-10-12(2)3/h6-9,12-13H,5,10-11H2,1-4H3. The smallest absolute Gasteiger partial charge is 0.191 e. The predicted molar refractivity (Wildman–Crippen MR) is 75.0 cm³/mol. The summed E-state index contributed by atoms with van der Waals surface area (Å²) >= 11 is 0. The molecule has 2 heteroatoms. The molecule has 0 saturated heterocycles. The highest BCUT2D eigenvalue weighted by atomic mass is 16.5. The number of Topliss-reactive ketones (excluding diaryl/α,β-unsaturated/α-hetero) is 1. The first-order valence-electron chi connectivity index (χ1n) is 6.79. The monoisotopic (exact) mass is 248 g/mol. The maximum Gasteiger partial charge on any atom is 0.191 e. The second-order valence-electron chi connectivity index (χ2n) is 5.11. The van der Waals surface area contributed by atoms with Crippen LogP contribution in [0.4, 0.5) is 0 Å². The zero-order valence-corrected chi connectivity index (χ0v) is 11.9. The van der Waals surface area contributed by atoms with Gasteiger partial charge in [0, 0.05) is 12.2 Å². The summed E-state index contributed by atoms with van der Waals surface area (Å²) < 4.78 is 5.58. The van der Waals surface area contributed by atoms with Crippen LogP contribution in [0.5, 0.6) is 0 Å². The van der Waals surface area contributed by atoms with Gasteiger partial charge in [0.05, 0.1) is 0 Å². The van der Waals surface area contributed by atoms with Crippen molar-refractivity contribution in [2.45, 2.75) is 46.6 Å². The fourth-order valence-electron chi connectivity index (χ4n) is 1.70. The van der Waals surface area contributed by atoms with Gasteiger partial charge in [0.25, 0.3) is 0 Å². The summed E-state index contributed by atoms with van der Waals surface area (Å²) in [5.41, 5.74) is 1.99. The minimum atomic E-state index is -0.351. The van der Waals surface area contributed by atoms with E-state index < -0.39 is 0 Å². The zero-order valence-electron chi connectivity index (χ0n) is 11.9. The maximum absolute atomic E-state index is 12.1. The summed E-state index contributed by atoms with van der Waals surface area (Å²) in [4.78, 5) is 12.1. The third-order valence-corrected chi connectivity index (χ3v) is 3.08. The van der Waals surface area contributed by atoms with Crippen LogP contribution >= 0.6 is 0 Å². The molecule has 1 aromatic carbocycles. The van der Waals surface area contributed by atoms with Gasteiger partial charge in [-0.2, -0.15) is 0 Å². The van der Waals surface area contributed by atoms with Crippen LogP contribution in [0.2, 0.25) is 0 Å². The molecule has 1 aromatic rings. The summed E-state index contributed by atoms with van der Waals surface area (Å²) in [6.07, 6.45) is 1.64. The number of aryl methyl sites for hydroxylation is 1. The van der Waals surface area contributed by atoms with E-state index in [9.17, 15) is 4.79 Å². The molecule has 1 rings (SSSR count). The highest BCUT2D eigenvalue weighted by Gasteiger charge is 2.15. The number of carbonyl (C=O) groups excluding carboxylic acids is 1. The molecule has 1 unspecified atom stereocenters. The van der Waals surface area contributed by atoms with E-state index in [4.69, 9.17) is 4.74 Å². The first-order chi connectivity index (χ1) is 8.54. The lowest BCUT2D eigenvalue weighted by molar-refractivity contribution is 0.0443. The lowest BCUT2D eigenvalue weighted by Gasteiger charge is -2.13. The number of benzene rings is 1. The van der Waals surface area contributed by atoms with Crippen molar-refractivity contribution in [3.63, 3.8) is 0 Å². The molecule has 0 aliphatic heterocycles. The zero-order chi connectivity index (χ0) is 13.5. The van der Waals surface area contributed by atoms with Gasteiger partial charge in [-0.3, -0.25) is 4.79 Å². The van der Waals surface area contributed by atoms with Crippen LogP contribution in [0.15, 0.2) is 24.3 Å². The highest BCUT2D eigenvalue weighted by Crippen LogP contribution is 2.10. The SMILES string of the molecule is CCc1ccc(C(=O)C(C)OCCC(C)C)cc1. The Morgan fingerprint density at radius 3 is 2.28 bits per heavy atom. The van der Waals surface area contributed by atoms with Gasteiger partial charge in [-0.15, -0.1) is 0 Å². The van der Waals surface area contributed by atoms with Gasteiger partial charge >= 0.3 is 0 Å². The molecule has 2 nitrogen and oxygen atoms in total. The number of hydrogen-bond acceptors (Lipinski definition) is 2. The lowest BCUT2D eigenvalue weighted by Crippen LogP contribution is -2.21. The Balaban J connectivity index is 2.51. The molecule has 0 fully saturated rings. The quantitative estimate of drug-likeness (QED) is 0.684. The molecule has 0 bridgehead atoms. The van der Waals surface area contributed by atoms with Gasteiger partial charge in [-0.1, -0.05) is 45.0 Å². The molecule has 1 atom stereocenters. The molecular formula is C16H24O2. The van der Waals surface area contributed by atoms with Crippen molar-refractivity contribution in [2.75, 3.05) is 6.61 Å². The fraction of sp³-hybridized carbons (Fsp3) is 0.562. The van der Waals surface area contributed by atoms with Crippen molar-refractivity contribution in [1.29, 1.82) is 0 Å². The summed E-state index contributed by atoms with van der Waals surface area (Å²) in [6.45, 7) is 8.89. The van der Waals surface area contributed by atoms with Gasteiger partial charge in [0.1, 0.15) is 6.10 Å². The third kappa shape index (κ3) is 4.61. The molecule has 0 amide bonds. The van der Waals surface area contributed by atoms with Crippen LogP contribution in [0.25, 0.3) is 0 Å². The molecule has 18 heavy (non-hydrogen) atoms. The molecule has 0 aromatic heterocycles. The summed E-state index contributed by atoms with van der Waals surface area (Å²) in [7, 11) is 0. The summed E-state index contributed by atoms with van der Waals surface area (Å²) in [5, 5.41) is 0. The Morgan fingerprint density at radius 2 is 1.78 bits per heavy atom. The van der Waals surface area contributed by atoms with Gasteiger partial charge in [0.2, 0.25) is 0 Å². The Labute approximate surface area is 110 Å². The molecule has 0 spiro atoms. The Hall–Kier alpha value is -1.15. The topological polar surface area (TPSA) is 26.3 Å². The van der Waals surface area contributed by atoms with Crippen LogP contribution in [0, 0.1) is 5.92 Å². The number of hydrogen-bond donors (Lipinski definition) is 0. The van der Waals surface area contributed by atoms with E-state index in [-0.39, 0.29) is 11.9 Å². The third-order valence-electron chi connectivity index (χ3n) is 3.08. The van der Waals surface area contributed by atoms with Crippen LogP contribution in [-0.2, 0) is 11.2 Å². The van der Waals surface area contributed by atoms with E-state index in [1.807, 2.05) is 31.2 Å². The van der Waals surface area contributed by atoms with E-state index >= 15 is 0 Å². The summed E-state index contributed by atoms with van der Waals surface area (Å²) in [6, 6.07) is 7.80. The maximum atomic E-state index is 12.1. The molecular weight excluding hydrogens is 224 g/mol. The van der Waals surface area contributed by atoms with Crippen LogP contribution in [0.3, 0.4) is 0 Å². The Bertz CT molecular complexity index is 365. The van der Waals surface area contributed by atoms with E-state index in [0.717, 1.165) is 18.4 Å². The first-order valence-corrected chi connectivity index (χ1v) is 6.79. The van der Waals surface area contributed by atoms with Crippen molar-refractivity contribution >= 4 is 5.78 Å². The van der Waals surface area contributed by atoms with Crippen LogP contribution < -0.4 is 0 Å². The average molecular weight is 248 g/mol. The molecule has 0 radical (unpaired) electrons. The molecule has 0 N–H and O–H groups in total. The largest absolute Gasteiger partial charge is 0.370 e. The minimum absolute atomic E-state index is 0.0707. The van der Waals surface area contributed by atoms with Crippen LogP contribution in [-0.4, -0.2) is 18.5 Å². The Kier molecular flexibility index (Phi) is 6.06. The fourth-order valence-corrected chi connectivity index (χ4v) is 1.70. The molecule has 100 valence electrons. The van der Waals surface area contributed by atoms with E-state index in [1.54, 1.807) is 0 Å². The number of ether oxygens (including phenoxy) is 1. The van der Waals surface area contributed by atoms with Gasteiger partial charge < -0.3 is 4.74 Å². The van der Waals surface area contributed by atoms with Crippen molar-refractivity contribution in [3.8, 4) is 0 Å². The number of carbonyl (C=O) groups is 1. The second-order valence-corrected chi connectivity index (χ2v) is 5.11. The van der Waals surface area contributed by atoms with Crippen molar-refractivity contribution in [3.05, 3.63) is 35.4 Å². The summed E-state index contributed by atoms with van der Waals surface area (Å²) in [5.74, 6) is 0.678. The predicted octanol–water partition coefficient (Wildman–Crippen LogP) is 3.88. The first kappa shape index (κ1) is 14.9. The van der Waals surface area contributed by atoms with Crippen molar-refractivity contribution < 1.29 is 9.53 Å². The minimum Gasteiger partial charge on any atom is -0.370 e. The normalized spacial score (nSPS) is 12.7. The van der Waals surface area contributed by atoms with Crippen LogP contribution in [0.1, 0.15) is 50.0 Å². The number of ketones is 1.